The Labute approximate surface area is 157 Å². The molecule has 2 aromatic carbocycles. The number of carbonyl (C=O) groups is 2. The summed E-state index contributed by atoms with van der Waals surface area (Å²) < 4.78 is 5.37. The Morgan fingerprint density at radius 1 is 1.27 bits per heavy atom. The third kappa shape index (κ3) is 3.99. The number of methoxy groups -OCH3 is 1. The Morgan fingerprint density at radius 2 is 2.00 bits per heavy atom. The first-order chi connectivity index (χ1) is 12.5. The van der Waals surface area contributed by atoms with E-state index in [2.05, 4.69) is 5.32 Å². The Kier molecular flexibility index (Phi) is 5.47. The summed E-state index contributed by atoms with van der Waals surface area (Å²) in [6, 6.07) is 13.0. The van der Waals surface area contributed by atoms with Gasteiger partial charge in [-0.2, -0.15) is 0 Å². The lowest BCUT2D eigenvalue weighted by Crippen LogP contribution is -2.32. The first-order valence-corrected chi connectivity index (χ1v) is 8.83. The fourth-order valence-electron chi connectivity index (χ4n) is 3.06. The first kappa shape index (κ1) is 18.3. The zero-order valence-electron chi connectivity index (χ0n) is 14.8. The van der Waals surface area contributed by atoms with E-state index in [4.69, 9.17) is 16.3 Å². The van der Waals surface area contributed by atoms with Gasteiger partial charge < -0.3 is 15.0 Å². The fourth-order valence-corrected chi connectivity index (χ4v) is 3.19. The summed E-state index contributed by atoms with van der Waals surface area (Å²) in [4.78, 5) is 26.6. The molecular weight excluding hydrogens is 352 g/mol. The maximum atomic E-state index is 12.5. The van der Waals surface area contributed by atoms with Crippen molar-refractivity contribution in [3.8, 4) is 5.75 Å². The molecule has 0 bridgehead atoms. The van der Waals surface area contributed by atoms with Crippen LogP contribution in [0.1, 0.15) is 17.5 Å². The van der Waals surface area contributed by atoms with E-state index in [0.29, 0.717) is 29.5 Å². The highest BCUT2D eigenvalue weighted by atomic mass is 35.5. The number of nitrogens with zero attached hydrogens (tertiary/aromatic N) is 1. The van der Waals surface area contributed by atoms with Gasteiger partial charge in [0.1, 0.15) is 5.75 Å². The molecule has 136 valence electrons. The van der Waals surface area contributed by atoms with Crippen molar-refractivity contribution in [2.45, 2.75) is 19.9 Å². The number of benzene rings is 2. The van der Waals surface area contributed by atoms with Crippen LogP contribution in [0.2, 0.25) is 5.02 Å². The number of carbonyl (C=O) groups excluding carboxylic acids is 2. The molecule has 0 radical (unpaired) electrons. The highest BCUT2D eigenvalue weighted by Crippen LogP contribution is 2.33. The molecule has 0 spiro atoms. The quantitative estimate of drug-likeness (QED) is 0.875. The average Bonchev–Trinajstić information content (AvgIpc) is 3.02. The number of hydrogen-bond donors (Lipinski definition) is 1. The van der Waals surface area contributed by atoms with E-state index >= 15 is 0 Å². The maximum Gasteiger partial charge on any atom is 0.227 e. The molecule has 1 N–H and O–H groups in total. The molecule has 0 saturated carbocycles. The molecule has 2 amide bonds. The van der Waals surface area contributed by atoms with Crippen molar-refractivity contribution in [2.24, 2.45) is 5.92 Å². The first-order valence-electron chi connectivity index (χ1n) is 8.45. The zero-order chi connectivity index (χ0) is 18.7. The van der Waals surface area contributed by atoms with E-state index in [0.717, 1.165) is 11.1 Å². The van der Waals surface area contributed by atoms with Crippen LogP contribution in [0.25, 0.3) is 0 Å². The average molecular weight is 373 g/mol. The Bertz CT molecular complexity index is 820. The molecule has 3 rings (SSSR count). The van der Waals surface area contributed by atoms with Crippen molar-refractivity contribution in [2.75, 3.05) is 18.6 Å². The molecular formula is C20H21ClN2O3. The highest BCUT2D eigenvalue weighted by molar-refractivity contribution is 6.30. The Morgan fingerprint density at radius 3 is 2.69 bits per heavy atom. The third-order valence-corrected chi connectivity index (χ3v) is 4.75. The van der Waals surface area contributed by atoms with Crippen LogP contribution in [0.3, 0.4) is 0 Å². The van der Waals surface area contributed by atoms with Crippen LogP contribution in [0.5, 0.6) is 5.75 Å². The number of ether oxygens (including phenoxy) is 1. The van der Waals surface area contributed by atoms with Crippen molar-refractivity contribution < 1.29 is 14.3 Å². The van der Waals surface area contributed by atoms with Crippen molar-refractivity contribution in [3.05, 3.63) is 58.6 Å². The molecule has 0 aliphatic carbocycles. The third-order valence-electron chi connectivity index (χ3n) is 4.50. The standard InChI is InChI=1S/C20H21ClN2O3/c1-13-3-8-18(26-2)17(9-13)23-12-15(10-19(23)24)20(25)22-11-14-4-6-16(21)7-5-14/h3-9,15H,10-12H2,1-2H3,(H,22,25)/t15-/m1/s1. The van der Waals surface area contributed by atoms with Crippen LogP contribution >= 0.6 is 11.6 Å². The minimum absolute atomic E-state index is 0.0689. The summed E-state index contributed by atoms with van der Waals surface area (Å²) in [6.45, 7) is 2.72. The van der Waals surface area contributed by atoms with Crippen LogP contribution < -0.4 is 15.0 Å². The van der Waals surface area contributed by atoms with Crippen molar-refractivity contribution >= 4 is 29.1 Å². The fraction of sp³-hybridized carbons (Fsp3) is 0.300. The minimum Gasteiger partial charge on any atom is -0.495 e. The van der Waals surface area contributed by atoms with E-state index < -0.39 is 0 Å². The van der Waals surface area contributed by atoms with Crippen LogP contribution in [0.15, 0.2) is 42.5 Å². The van der Waals surface area contributed by atoms with Gasteiger partial charge in [-0.1, -0.05) is 29.8 Å². The second-order valence-corrected chi connectivity index (χ2v) is 6.86. The zero-order valence-corrected chi connectivity index (χ0v) is 15.5. The maximum absolute atomic E-state index is 12.5. The number of nitrogens with one attached hydrogen (secondary N) is 1. The number of amides is 2. The van der Waals surface area contributed by atoms with E-state index in [1.807, 2.05) is 37.3 Å². The topological polar surface area (TPSA) is 58.6 Å². The number of aryl methyl sites for hydroxylation is 1. The molecule has 1 fully saturated rings. The normalized spacial score (nSPS) is 16.7. The number of hydrogen-bond acceptors (Lipinski definition) is 3. The molecule has 0 aromatic heterocycles. The molecule has 1 aliphatic heterocycles. The predicted octanol–water partition coefficient (Wildman–Crippen LogP) is 3.33. The lowest BCUT2D eigenvalue weighted by atomic mass is 10.1. The lowest BCUT2D eigenvalue weighted by molar-refractivity contribution is -0.126. The minimum atomic E-state index is -0.375. The van der Waals surface area contributed by atoms with Crippen LogP contribution in [0, 0.1) is 12.8 Å². The summed E-state index contributed by atoms with van der Waals surface area (Å²) in [7, 11) is 1.57. The molecule has 1 atom stereocenters. The van der Waals surface area contributed by atoms with E-state index in [9.17, 15) is 9.59 Å². The van der Waals surface area contributed by atoms with Gasteiger partial charge in [0.2, 0.25) is 11.8 Å². The second kappa shape index (κ2) is 7.79. The Hall–Kier alpha value is -2.53. The molecule has 5 nitrogen and oxygen atoms in total. The lowest BCUT2D eigenvalue weighted by Gasteiger charge is -2.20. The van der Waals surface area contributed by atoms with E-state index in [-0.39, 0.29) is 24.2 Å². The Balaban J connectivity index is 1.66. The summed E-state index contributed by atoms with van der Waals surface area (Å²) in [5.74, 6) is 0.0640. The molecule has 0 unspecified atom stereocenters. The summed E-state index contributed by atoms with van der Waals surface area (Å²) in [6.07, 6.45) is 0.198. The SMILES string of the molecule is COc1ccc(C)cc1N1C[C@H](C(=O)NCc2ccc(Cl)cc2)CC1=O. The molecule has 1 heterocycles. The van der Waals surface area contributed by atoms with Gasteiger partial charge in [-0.3, -0.25) is 9.59 Å². The van der Waals surface area contributed by atoms with Gasteiger partial charge in [0.15, 0.2) is 0 Å². The summed E-state index contributed by atoms with van der Waals surface area (Å²) in [5, 5.41) is 3.56. The summed E-state index contributed by atoms with van der Waals surface area (Å²) in [5.41, 5.74) is 2.71. The summed E-state index contributed by atoms with van der Waals surface area (Å²) >= 11 is 5.86. The van der Waals surface area contributed by atoms with Gasteiger partial charge in [0.25, 0.3) is 0 Å². The van der Waals surface area contributed by atoms with Gasteiger partial charge in [0.05, 0.1) is 18.7 Å². The smallest absolute Gasteiger partial charge is 0.227 e. The van der Waals surface area contributed by atoms with E-state index in [1.54, 1.807) is 24.1 Å². The number of anilines is 1. The second-order valence-electron chi connectivity index (χ2n) is 6.42. The van der Waals surface area contributed by atoms with E-state index in [1.165, 1.54) is 0 Å². The molecule has 26 heavy (non-hydrogen) atoms. The van der Waals surface area contributed by atoms with Gasteiger partial charge in [0, 0.05) is 24.5 Å². The molecule has 6 heteroatoms. The van der Waals surface area contributed by atoms with Crippen molar-refractivity contribution in [1.29, 1.82) is 0 Å². The monoisotopic (exact) mass is 372 g/mol. The molecule has 1 aliphatic rings. The highest BCUT2D eigenvalue weighted by Gasteiger charge is 2.36. The predicted molar refractivity (Wildman–Crippen MR) is 101 cm³/mol. The van der Waals surface area contributed by atoms with Gasteiger partial charge in [-0.05, 0) is 42.3 Å². The van der Waals surface area contributed by atoms with Crippen LogP contribution in [0.4, 0.5) is 5.69 Å². The van der Waals surface area contributed by atoms with Crippen molar-refractivity contribution in [1.82, 2.24) is 5.32 Å². The number of rotatable bonds is 5. The molecule has 2 aromatic rings. The van der Waals surface area contributed by atoms with Gasteiger partial charge in [-0.15, -0.1) is 0 Å². The van der Waals surface area contributed by atoms with Crippen molar-refractivity contribution in [3.63, 3.8) is 0 Å². The van der Waals surface area contributed by atoms with Gasteiger partial charge >= 0.3 is 0 Å². The largest absolute Gasteiger partial charge is 0.495 e. The van der Waals surface area contributed by atoms with Crippen LogP contribution in [-0.2, 0) is 16.1 Å². The van der Waals surface area contributed by atoms with Gasteiger partial charge in [-0.25, -0.2) is 0 Å². The van der Waals surface area contributed by atoms with Crippen LogP contribution in [-0.4, -0.2) is 25.5 Å². The number of halogens is 1. The molecule has 1 saturated heterocycles.